The summed E-state index contributed by atoms with van der Waals surface area (Å²) < 4.78 is 11.7. The Morgan fingerprint density at radius 1 is 1.06 bits per heavy atom. The van der Waals surface area contributed by atoms with Crippen LogP contribution in [0.5, 0.6) is 11.5 Å². The molecule has 0 radical (unpaired) electrons. The standard InChI is InChI=1S/C24H17IN2O4S/c1-30-19-13-15(12-18(25)21(19)31-23(29)16-8-4-2-5-9-16)14-20-22(28)27-24(32-20)26-17-10-6-3-7-11-17/h2-14H,1H3,(H,26,27,28)/b20-14-. The van der Waals surface area contributed by atoms with Gasteiger partial charge in [-0.25, -0.2) is 9.79 Å². The van der Waals surface area contributed by atoms with Crippen LogP contribution in [-0.4, -0.2) is 24.2 Å². The number of para-hydroxylation sites is 1. The molecule has 1 aliphatic heterocycles. The molecule has 8 heteroatoms. The molecule has 160 valence electrons. The number of amidine groups is 1. The lowest BCUT2D eigenvalue weighted by Crippen LogP contribution is -2.19. The second-order valence-electron chi connectivity index (χ2n) is 6.61. The third-order valence-corrected chi connectivity index (χ3v) is 6.10. The average Bonchev–Trinajstić information content (AvgIpc) is 3.14. The van der Waals surface area contributed by atoms with Gasteiger partial charge in [-0.15, -0.1) is 0 Å². The number of methoxy groups -OCH3 is 1. The van der Waals surface area contributed by atoms with E-state index < -0.39 is 5.97 Å². The van der Waals surface area contributed by atoms with Gasteiger partial charge in [0, 0.05) is 0 Å². The number of nitrogens with zero attached hydrogens (tertiary/aromatic N) is 1. The van der Waals surface area contributed by atoms with E-state index in [0.29, 0.717) is 30.7 Å². The number of aliphatic imine (C=N–C) groups is 1. The summed E-state index contributed by atoms with van der Waals surface area (Å²) in [6.45, 7) is 0. The largest absolute Gasteiger partial charge is 0.493 e. The van der Waals surface area contributed by atoms with Gasteiger partial charge in [-0.1, -0.05) is 36.4 Å². The molecule has 1 amide bonds. The van der Waals surface area contributed by atoms with Crippen LogP contribution >= 0.6 is 34.4 Å². The third-order valence-electron chi connectivity index (χ3n) is 4.39. The molecule has 0 saturated carbocycles. The third kappa shape index (κ3) is 5.20. The van der Waals surface area contributed by atoms with E-state index in [2.05, 4.69) is 32.9 Å². The number of benzene rings is 3. The Morgan fingerprint density at radius 2 is 1.75 bits per heavy atom. The lowest BCUT2D eigenvalue weighted by atomic mass is 10.1. The maximum absolute atomic E-state index is 12.5. The molecular formula is C24H17IN2O4S. The predicted molar refractivity (Wildman–Crippen MR) is 134 cm³/mol. The Balaban J connectivity index is 1.57. The Morgan fingerprint density at radius 3 is 2.44 bits per heavy atom. The van der Waals surface area contributed by atoms with Gasteiger partial charge in [-0.2, -0.15) is 0 Å². The molecule has 0 unspecified atom stereocenters. The van der Waals surface area contributed by atoms with Gasteiger partial charge < -0.3 is 14.8 Å². The van der Waals surface area contributed by atoms with Crippen LogP contribution in [0.2, 0.25) is 0 Å². The van der Waals surface area contributed by atoms with Crippen molar-refractivity contribution in [1.82, 2.24) is 5.32 Å². The Hall–Kier alpha value is -3.11. The summed E-state index contributed by atoms with van der Waals surface area (Å²) in [6, 6.07) is 21.7. The fourth-order valence-electron chi connectivity index (χ4n) is 2.90. The highest BCUT2D eigenvalue weighted by atomic mass is 127. The van der Waals surface area contributed by atoms with Crippen LogP contribution in [0.4, 0.5) is 5.69 Å². The maximum atomic E-state index is 12.5. The van der Waals surface area contributed by atoms with Crippen molar-refractivity contribution in [3.05, 3.63) is 92.4 Å². The minimum absolute atomic E-state index is 0.224. The van der Waals surface area contributed by atoms with Gasteiger partial charge >= 0.3 is 5.97 Å². The molecule has 0 spiro atoms. The monoisotopic (exact) mass is 556 g/mol. The number of hydrogen-bond donors (Lipinski definition) is 1. The van der Waals surface area contributed by atoms with Crippen LogP contribution in [0.25, 0.3) is 6.08 Å². The van der Waals surface area contributed by atoms with E-state index in [0.717, 1.165) is 11.3 Å². The topological polar surface area (TPSA) is 77.0 Å². The van der Waals surface area contributed by atoms with E-state index in [1.807, 2.05) is 42.5 Å². The number of halogens is 1. The lowest BCUT2D eigenvalue weighted by molar-refractivity contribution is -0.115. The van der Waals surface area contributed by atoms with Crippen LogP contribution in [-0.2, 0) is 4.79 Å². The van der Waals surface area contributed by atoms with Gasteiger partial charge in [-0.05, 0) is 82.4 Å². The van der Waals surface area contributed by atoms with E-state index in [9.17, 15) is 9.59 Å². The van der Waals surface area contributed by atoms with Gasteiger partial charge in [0.15, 0.2) is 16.7 Å². The second kappa shape index (κ2) is 10.0. The molecule has 1 aliphatic rings. The van der Waals surface area contributed by atoms with E-state index in [-0.39, 0.29) is 5.91 Å². The summed E-state index contributed by atoms with van der Waals surface area (Å²) in [5.41, 5.74) is 1.95. The average molecular weight is 556 g/mol. The first kappa shape index (κ1) is 22.1. The molecule has 0 atom stereocenters. The Bertz CT molecular complexity index is 1230. The van der Waals surface area contributed by atoms with E-state index >= 15 is 0 Å². The van der Waals surface area contributed by atoms with Crippen molar-refractivity contribution >= 4 is 63.2 Å². The van der Waals surface area contributed by atoms with Gasteiger partial charge in [0.05, 0.1) is 26.8 Å². The summed E-state index contributed by atoms with van der Waals surface area (Å²) in [4.78, 5) is 29.8. The summed E-state index contributed by atoms with van der Waals surface area (Å²) in [6.07, 6.45) is 1.75. The molecule has 1 heterocycles. The van der Waals surface area contributed by atoms with Gasteiger partial charge in [0.2, 0.25) is 0 Å². The van der Waals surface area contributed by atoms with Crippen molar-refractivity contribution in [3.8, 4) is 11.5 Å². The maximum Gasteiger partial charge on any atom is 0.343 e. The first-order valence-electron chi connectivity index (χ1n) is 9.53. The van der Waals surface area contributed by atoms with Gasteiger partial charge in [0.1, 0.15) is 0 Å². The highest BCUT2D eigenvalue weighted by Crippen LogP contribution is 2.36. The number of ether oxygens (including phenoxy) is 2. The molecule has 1 saturated heterocycles. The molecular weight excluding hydrogens is 539 g/mol. The number of carbonyl (C=O) groups excluding carboxylic acids is 2. The summed E-state index contributed by atoms with van der Waals surface area (Å²) in [5, 5.41) is 3.29. The first-order valence-corrected chi connectivity index (χ1v) is 11.4. The van der Waals surface area contributed by atoms with Crippen molar-refractivity contribution in [2.45, 2.75) is 0 Å². The second-order valence-corrected chi connectivity index (χ2v) is 8.80. The smallest absolute Gasteiger partial charge is 0.343 e. The number of nitrogens with one attached hydrogen (secondary N) is 1. The number of amides is 1. The van der Waals surface area contributed by atoms with Crippen LogP contribution in [0.3, 0.4) is 0 Å². The van der Waals surface area contributed by atoms with Gasteiger partial charge in [-0.3, -0.25) is 4.79 Å². The number of esters is 1. The highest BCUT2D eigenvalue weighted by molar-refractivity contribution is 14.1. The SMILES string of the molecule is COc1cc(/C=C2\SC(=Nc3ccccc3)NC2=O)cc(I)c1OC(=O)c1ccccc1. The van der Waals surface area contributed by atoms with E-state index in [4.69, 9.17) is 9.47 Å². The molecule has 3 aromatic carbocycles. The van der Waals surface area contributed by atoms with Crippen molar-refractivity contribution in [1.29, 1.82) is 0 Å². The van der Waals surface area contributed by atoms with Crippen molar-refractivity contribution in [3.63, 3.8) is 0 Å². The Kier molecular flexibility index (Phi) is 6.91. The molecule has 3 aromatic rings. The normalized spacial score (nSPS) is 15.6. The quantitative estimate of drug-likeness (QED) is 0.197. The van der Waals surface area contributed by atoms with Crippen LogP contribution in [0.1, 0.15) is 15.9 Å². The first-order chi connectivity index (χ1) is 15.5. The highest BCUT2D eigenvalue weighted by Gasteiger charge is 2.24. The van der Waals surface area contributed by atoms with Crippen molar-refractivity contribution in [2.24, 2.45) is 4.99 Å². The summed E-state index contributed by atoms with van der Waals surface area (Å²) >= 11 is 3.34. The van der Waals surface area contributed by atoms with Crippen LogP contribution in [0, 0.1) is 3.57 Å². The molecule has 1 fully saturated rings. The molecule has 6 nitrogen and oxygen atoms in total. The number of carbonyl (C=O) groups is 2. The minimum atomic E-state index is -0.472. The zero-order valence-electron chi connectivity index (χ0n) is 16.9. The molecule has 1 N–H and O–H groups in total. The zero-order chi connectivity index (χ0) is 22.5. The molecule has 0 aromatic heterocycles. The molecule has 0 bridgehead atoms. The molecule has 0 aliphatic carbocycles. The van der Waals surface area contributed by atoms with Crippen molar-refractivity contribution < 1.29 is 19.1 Å². The minimum Gasteiger partial charge on any atom is -0.493 e. The van der Waals surface area contributed by atoms with Gasteiger partial charge in [0.25, 0.3) is 5.91 Å². The molecule has 4 rings (SSSR count). The lowest BCUT2D eigenvalue weighted by Gasteiger charge is -2.12. The summed E-state index contributed by atoms with van der Waals surface area (Å²) in [7, 11) is 1.50. The van der Waals surface area contributed by atoms with Crippen LogP contribution < -0.4 is 14.8 Å². The van der Waals surface area contributed by atoms with E-state index in [1.54, 1.807) is 36.4 Å². The number of hydrogen-bond acceptors (Lipinski definition) is 6. The van der Waals surface area contributed by atoms with Crippen molar-refractivity contribution in [2.75, 3.05) is 7.11 Å². The Labute approximate surface area is 202 Å². The van der Waals surface area contributed by atoms with Crippen LogP contribution in [0.15, 0.2) is 82.7 Å². The predicted octanol–water partition coefficient (Wildman–Crippen LogP) is 5.41. The fraction of sp³-hybridized carbons (Fsp3) is 0.0417. The summed E-state index contributed by atoms with van der Waals surface area (Å²) in [5.74, 6) is 0.0345. The zero-order valence-corrected chi connectivity index (χ0v) is 19.8. The van der Waals surface area contributed by atoms with E-state index in [1.165, 1.54) is 18.9 Å². The number of thioether (sulfide) groups is 1. The fourth-order valence-corrected chi connectivity index (χ4v) is 4.48. The number of rotatable bonds is 5. The molecule has 32 heavy (non-hydrogen) atoms.